The van der Waals surface area contributed by atoms with Gasteiger partial charge in [-0.25, -0.2) is 9.18 Å². The summed E-state index contributed by atoms with van der Waals surface area (Å²) in [5.41, 5.74) is 2.32. The fourth-order valence-corrected chi connectivity index (χ4v) is 2.68. The van der Waals surface area contributed by atoms with Crippen LogP contribution in [-0.2, 0) is 9.53 Å². The van der Waals surface area contributed by atoms with Gasteiger partial charge in [-0.3, -0.25) is 14.7 Å². The van der Waals surface area contributed by atoms with Crippen LogP contribution in [0.2, 0.25) is 0 Å². The van der Waals surface area contributed by atoms with Crippen LogP contribution in [-0.4, -0.2) is 41.7 Å². The van der Waals surface area contributed by atoms with Crippen molar-refractivity contribution in [3.05, 3.63) is 48.0 Å². The molecule has 1 aromatic heterocycles. The monoisotopic (exact) mass is 343 g/mol. The minimum atomic E-state index is -0.685. The molecule has 0 N–H and O–H groups in total. The van der Waals surface area contributed by atoms with E-state index in [1.165, 1.54) is 22.8 Å². The molecule has 0 spiro atoms. The number of cyclic esters (lactones) is 1. The zero-order valence-corrected chi connectivity index (χ0v) is 14.2. The van der Waals surface area contributed by atoms with Gasteiger partial charge in [0.2, 0.25) is 5.91 Å². The quantitative estimate of drug-likeness (QED) is 0.860. The largest absolute Gasteiger partial charge is 0.423 e. The van der Waals surface area contributed by atoms with Crippen LogP contribution in [0.3, 0.4) is 0 Å². The summed E-state index contributed by atoms with van der Waals surface area (Å²) in [6.07, 6.45) is 0.332. The van der Waals surface area contributed by atoms with Gasteiger partial charge in [0.05, 0.1) is 12.2 Å². The van der Waals surface area contributed by atoms with E-state index in [1.54, 1.807) is 37.5 Å². The van der Waals surface area contributed by atoms with Crippen LogP contribution < -0.4 is 4.90 Å². The number of carbonyl (C=O) groups excluding carboxylic acids is 2. The molecule has 25 heavy (non-hydrogen) atoms. The second-order valence-corrected chi connectivity index (χ2v) is 5.93. The summed E-state index contributed by atoms with van der Waals surface area (Å²) in [5.74, 6) is -0.659. The Bertz CT molecular complexity index is 840. The Kier molecular flexibility index (Phi) is 4.39. The number of hydrogen-bond acceptors (Lipinski definition) is 4. The topological polar surface area (TPSA) is 62.7 Å². The first kappa shape index (κ1) is 16.9. The molecular formula is C18H18FN3O3. The first-order valence-electron chi connectivity index (χ1n) is 7.81. The molecule has 3 rings (SSSR count). The normalized spacial score (nSPS) is 16.7. The van der Waals surface area contributed by atoms with Gasteiger partial charge in [0.15, 0.2) is 6.23 Å². The van der Waals surface area contributed by atoms with Gasteiger partial charge in [-0.2, -0.15) is 0 Å². The minimum Gasteiger partial charge on any atom is -0.423 e. The number of aryl methyl sites for hydroxylation is 1. The lowest BCUT2D eigenvalue weighted by atomic mass is 10.0. The zero-order valence-electron chi connectivity index (χ0n) is 14.2. The maximum absolute atomic E-state index is 14.6. The highest BCUT2D eigenvalue weighted by molar-refractivity contribution is 5.90. The van der Waals surface area contributed by atoms with Gasteiger partial charge in [0.1, 0.15) is 5.82 Å². The van der Waals surface area contributed by atoms with Crippen LogP contribution in [0.1, 0.15) is 12.6 Å². The summed E-state index contributed by atoms with van der Waals surface area (Å²) < 4.78 is 19.8. The number of nitrogens with zero attached hydrogens (tertiary/aromatic N) is 3. The standard InChI is InChI=1S/C18H18FN3O3/c1-11-8-13(6-7-20-11)15-5-4-14(9-16(15)19)22-10-17(25-18(22)24)21(3)12(2)23/h4-9,17H,10H2,1-3H3/t17-/m0/s1. The van der Waals surface area contributed by atoms with Gasteiger partial charge >= 0.3 is 6.09 Å². The van der Waals surface area contributed by atoms with E-state index in [2.05, 4.69) is 4.98 Å². The summed E-state index contributed by atoms with van der Waals surface area (Å²) in [4.78, 5) is 30.2. The lowest BCUT2D eigenvalue weighted by Crippen LogP contribution is -2.38. The fourth-order valence-electron chi connectivity index (χ4n) is 2.68. The molecule has 1 atom stereocenters. The molecule has 0 radical (unpaired) electrons. The molecule has 2 heterocycles. The SMILES string of the molecule is CC(=O)N(C)[C@@H]1CN(c2ccc(-c3ccnc(C)c3)c(F)c2)C(=O)O1. The summed E-state index contributed by atoms with van der Waals surface area (Å²) >= 11 is 0. The van der Waals surface area contributed by atoms with E-state index in [0.29, 0.717) is 11.3 Å². The predicted molar refractivity (Wildman–Crippen MR) is 90.4 cm³/mol. The highest BCUT2D eigenvalue weighted by atomic mass is 19.1. The average Bonchev–Trinajstić information content (AvgIpc) is 2.95. The van der Waals surface area contributed by atoms with Crippen LogP contribution in [0.15, 0.2) is 36.5 Å². The van der Waals surface area contributed by atoms with Crippen LogP contribution in [0.4, 0.5) is 14.9 Å². The molecule has 0 aliphatic carbocycles. The summed E-state index contributed by atoms with van der Waals surface area (Å²) in [6.45, 7) is 3.38. The first-order valence-corrected chi connectivity index (χ1v) is 7.81. The van der Waals surface area contributed by atoms with Crippen molar-refractivity contribution in [1.82, 2.24) is 9.88 Å². The molecule has 7 heteroatoms. The Morgan fingerprint density at radius 3 is 2.76 bits per heavy atom. The van der Waals surface area contributed by atoms with Gasteiger partial charge in [-0.15, -0.1) is 0 Å². The van der Waals surface area contributed by atoms with Crippen molar-refractivity contribution in [3.8, 4) is 11.1 Å². The molecule has 1 aliphatic heterocycles. The van der Waals surface area contributed by atoms with Crippen LogP contribution >= 0.6 is 0 Å². The zero-order chi connectivity index (χ0) is 18.1. The lowest BCUT2D eigenvalue weighted by molar-refractivity contribution is -0.134. The number of aromatic nitrogens is 1. The Morgan fingerprint density at radius 2 is 2.12 bits per heavy atom. The highest BCUT2D eigenvalue weighted by Crippen LogP contribution is 2.29. The number of anilines is 1. The second-order valence-electron chi connectivity index (χ2n) is 5.93. The summed E-state index contributed by atoms with van der Waals surface area (Å²) in [7, 11) is 1.55. The molecule has 1 saturated heterocycles. The van der Waals surface area contributed by atoms with Crippen LogP contribution in [0.25, 0.3) is 11.1 Å². The first-order chi connectivity index (χ1) is 11.9. The van der Waals surface area contributed by atoms with E-state index in [4.69, 9.17) is 4.74 Å². The molecule has 2 amide bonds. The van der Waals surface area contributed by atoms with E-state index in [0.717, 1.165) is 11.3 Å². The third-order valence-corrected chi connectivity index (χ3v) is 4.20. The molecule has 0 unspecified atom stereocenters. The van der Waals surface area contributed by atoms with Crippen LogP contribution in [0, 0.1) is 12.7 Å². The minimum absolute atomic E-state index is 0.155. The summed E-state index contributed by atoms with van der Waals surface area (Å²) in [5, 5.41) is 0. The fraction of sp³-hybridized carbons (Fsp3) is 0.278. The van der Waals surface area contributed by atoms with Crippen molar-refractivity contribution in [2.45, 2.75) is 20.1 Å². The number of carbonyl (C=O) groups is 2. The highest BCUT2D eigenvalue weighted by Gasteiger charge is 2.36. The van der Waals surface area contributed by atoms with Crippen molar-refractivity contribution < 1.29 is 18.7 Å². The predicted octanol–water partition coefficient (Wildman–Crippen LogP) is 2.96. The molecular weight excluding hydrogens is 325 g/mol. The Labute approximate surface area is 144 Å². The maximum atomic E-state index is 14.6. The van der Waals surface area contributed by atoms with Gasteiger partial charge in [-0.1, -0.05) is 0 Å². The van der Waals surface area contributed by atoms with Crippen LogP contribution in [0.5, 0.6) is 0 Å². The third-order valence-electron chi connectivity index (χ3n) is 4.20. The molecule has 2 aromatic rings. The van der Waals surface area contributed by atoms with E-state index < -0.39 is 18.1 Å². The Morgan fingerprint density at radius 1 is 1.36 bits per heavy atom. The van der Waals surface area contributed by atoms with Crippen molar-refractivity contribution in [1.29, 1.82) is 0 Å². The van der Waals surface area contributed by atoms with Crippen molar-refractivity contribution >= 4 is 17.7 Å². The maximum Gasteiger partial charge on any atom is 0.416 e. The lowest BCUT2D eigenvalue weighted by Gasteiger charge is -2.20. The average molecular weight is 343 g/mol. The summed E-state index contributed by atoms with van der Waals surface area (Å²) in [6, 6.07) is 8.09. The molecule has 6 nitrogen and oxygen atoms in total. The molecule has 0 saturated carbocycles. The number of halogens is 1. The molecule has 0 bridgehead atoms. The number of benzene rings is 1. The molecule has 1 aromatic carbocycles. The number of rotatable bonds is 3. The molecule has 1 fully saturated rings. The number of pyridine rings is 1. The molecule has 1 aliphatic rings. The Balaban J connectivity index is 1.86. The number of likely N-dealkylation sites (N-methyl/N-ethyl adjacent to an activating group) is 1. The Hall–Kier alpha value is -2.96. The van der Waals surface area contributed by atoms with Crippen molar-refractivity contribution in [3.63, 3.8) is 0 Å². The third kappa shape index (κ3) is 3.31. The molecule has 130 valence electrons. The van der Waals surface area contributed by atoms with Gasteiger partial charge < -0.3 is 9.64 Å². The number of hydrogen-bond donors (Lipinski definition) is 0. The van der Waals surface area contributed by atoms with Gasteiger partial charge in [0, 0.05) is 31.4 Å². The second kappa shape index (κ2) is 6.51. The number of ether oxygens (including phenoxy) is 1. The number of amides is 2. The van der Waals surface area contributed by atoms with Crippen molar-refractivity contribution in [2.75, 3.05) is 18.5 Å². The van der Waals surface area contributed by atoms with Gasteiger partial charge in [0.25, 0.3) is 0 Å². The van der Waals surface area contributed by atoms with E-state index in [9.17, 15) is 14.0 Å². The van der Waals surface area contributed by atoms with Gasteiger partial charge in [-0.05, 0) is 42.8 Å². The van der Waals surface area contributed by atoms with Crippen molar-refractivity contribution in [2.24, 2.45) is 0 Å². The van der Waals surface area contributed by atoms with E-state index in [-0.39, 0.29) is 12.5 Å². The smallest absolute Gasteiger partial charge is 0.416 e. The van der Waals surface area contributed by atoms with E-state index in [1.807, 2.05) is 6.92 Å². The van der Waals surface area contributed by atoms with E-state index >= 15 is 0 Å².